The van der Waals surface area contributed by atoms with Gasteiger partial charge in [0.25, 0.3) is 5.91 Å². The molecule has 1 saturated heterocycles. The Hall–Kier alpha value is -2.96. The number of piperidine rings is 1. The highest BCUT2D eigenvalue weighted by Crippen LogP contribution is 2.22. The Balaban J connectivity index is 1.77. The number of likely N-dealkylation sites (tertiary alicyclic amines) is 1. The first-order chi connectivity index (χ1) is 13.5. The maximum Gasteiger partial charge on any atom is 0.272 e. The summed E-state index contributed by atoms with van der Waals surface area (Å²) in [5, 5.41) is 5.87. The van der Waals surface area contributed by atoms with Crippen LogP contribution < -0.4 is 10.6 Å². The molecular formula is C21H27N5O2. The van der Waals surface area contributed by atoms with Crippen molar-refractivity contribution in [2.75, 3.05) is 17.2 Å². The van der Waals surface area contributed by atoms with E-state index in [2.05, 4.69) is 27.5 Å². The van der Waals surface area contributed by atoms with E-state index in [4.69, 9.17) is 0 Å². The molecule has 0 saturated carbocycles. The number of anilines is 3. The number of hydrogen-bond acceptors (Lipinski definition) is 5. The zero-order valence-corrected chi connectivity index (χ0v) is 16.7. The normalized spacial score (nSPS) is 16.5. The molecule has 0 spiro atoms. The first-order valence-electron chi connectivity index (χ1n) is 9.77. The largest absolute Gasteiger partial charge is 0.334 e. The van der Waals surface area contributed by atoms with Gasteiger partial charge in [-0.25, -0.2) is 9.97 Å². The van der Waals surface area contributed by atoms with E-state index < -0.39 is 0 Å². The van der Waals surface area contributed by atoms with Gasteiger partial charge in [-0.2, -0.15) is 0 Å². The number of benzene rings is 1. The number of nitrogens with one attached hydrogen (secondary N) is 2. The molecule has 0 aliphatic carbocycles. The van der Waals surface area contributed by atoms with Crippen LogP contribution in [-0.2, 0) is 4.79 Å². The smallest absolute Gasteiger partial charge is 0.272 e. The summed E-state index contributed by atoms with van der Waals surface area (Å²) in [6, 6.07) is 9.28. The van der Waals surface area contributed by atoms with Gasteiger partial charge in [0, 0.05) is 36.6 Å². The monoisotopic (exact) mass is 381 g/mol. The van der Waals surface area contributed by atoms with E-state index in [1.807, 2.05) is 24.0 Å². The molecule has 1 aromatic carbocycles. The first kappa shape index (κ1) is 19.8. The van der Waals surface area contributed by atoms with Crippen LogP contribution in [0.5, 0.6) is 0 Å². The van der Waals surface area contributed by atoms with Crippen LogP contribution in [0.25, 0.3) is 0 Å². The Bertz CT molecular complexity index is 850. The van der Waals surface area contributed by atoms with Gasteiger partial charge in [0.2, 0.25) is 11.9 Å². The third-order valence-corrected chi connectivity index (χ3v) is 4.89. The summed E-state index contributed by atoms with van der Waals surface area (Å²) >= 11 is 0. The predicted molar refractivity (Wildman–Crippen MR) is 110 cm³/mol. The zero-order valence-electron chi connectivity index (χ0n) is 16.7. The third-order valence-electron chi connectivity index (χ3n) is 4.89. The van der Waals surface area contributed by atoms with Gasteiger partial charge in [0.05, 0.1) is 0 Å². The van der Waals surface area contributed by atoms with E-state index >= 15 is 0 Å². The second-order valence-corrected chi connectivity index (χ2v) is 7.16. The Morgan fingerprint density at radius 2 is 1.86 bits per heavy atom. The van der Waals surface area contributed by atoms with Crippen LogP contribution in [0.4, 0.5) is 17.3 Å². The van der Waals surface area contributed by atoms with Crippen LogP contribution in [0.15, 0.2) is 30.3 Å². The molecule has 1 atom stereocenters. The zero-order chi connectivity index (χ0) is 20.1. The number of rotatable bonds is 5. The lowest BCUT2D eigenvalue weighted by Gasteiger charge is -2.35. The van der Waals surface area contributed by atoms with E-state index in [9.17, 15) is 9.59 Å². The average Bonchev–Trinajstić information content (AvgIpc) is 2.68. The SMILES string of the molecule is CCC1CCCCN1C(=O)c1cc(C)nc(Nc2ccc(NC(C)=O)cc2)n1. The first-order valence-corrected chi connectivity index (χ1v) is 9.77. The summed E-state index contributed by atoms with van der Waals surface area (Å²) in [4.78, 5) is 35.0. The molecule has 2 amide bonds. The molecule has 7 nitrogen and oxygen atoms in total. The highest BCUT2D eigenvalue weighted by molar-refractivity contribution is 5.93. The number of hydrogen-bond donors (Lipinski definition) is 2. The Morgan fingerprint density at radius 3 is 2.54 bits per heavy atom. The number of carbonyl (C=O) groups is 2. The lowest BCUT2D eigenvalue weighted by atomic mass is 9.99. The fourth-order valence-electron chi connectivity index (χ4n) is 3.54. The Morgan fingerprint density at radius 1 is 1.14 bits per heavy atom. The lowest BCUT2D eigenvalue weighted by Crippen LogP contribution is -2.43. The minimum absolute atomic E-state index is 0.0268. The molecule has 0 radical (unpaired) electrons. The molecule has 2 N–H and O–H groups in total. The maximum absolute atomic E-state index is 13.0. The molecule has 1 aromatic heterocycles. The number of aromatic nitrogens is 2. The molecule has 0 bridgehead atoms. The number of nitrogens with zero attached hydrogens (tertiary/aromatic N) is 3. The Labute approximate surface area is 165 Å². The molecule has 1 fully saturated rings. The number of carbonyl (C=O) groups excluding carboxylic acids is 2. The van der Waals surface area contributed by atoms with Gasteiger partial charge >= 0.3 is 0 Å². The summed E-state index contributed by atoms with van der Waals surface area (Å²) in [5.41, 5.74) is 2.66. The van der Waals surface area contributed by atoms with E-state index in [0.717, 1.165) is 42.9 Å². The summed E-state index contributed by atoms with van der Waals surface area (Å²) < 4.78 is 0. The molecule has 1 unspecified atom stereocenters. The topological polar surface area (TPSA) is 87.2 Å². The average molecular weight is 381 g/mol. The van der Waals surface area contributed by atoms with Crippen LogP contribution in [0, 0.1) is 6.92 Å². The van der Waals surface area contributed by atoms with Crippen LogP contribution in [0.1, 0.15) is 55.7 Å². The van der Waals surface area contributed by atoms with E-state index in [-0.39, 0.29) is 17.9 Å². The molecule has 1 aliphatic heterocycles. The molecule has 148 valence electrons. The highest BCUT2D eigenvalue weighted by atomic mass is 16.2. The van der Waals surface area contributed by atoms with Crippen molar-refractivity contribution in [1.82, 2.24) is 14.9 Å². The van der Waals surface area contributed by atoms with Gasteiger partial charge < -0.3 is 15.5 Å². The van der Waals surface area contributed by atoms with Crippen molar-refractivity contribution in [2.45, 2.75) is 52.5 Å². The highest BCUT2D eigenvalue weighted by Gasteiger charge is 2.27. The van der Waals surface area contributed by atoms with Gasteiger partial charge in [-0.3, -0.25) is 9.59 Å². The van der Waals surface area contributed by atoms with Crippen LogP contribution in [-0.4, -0.2) is 39.3 Å². The van der Waals surface area contributed by atoms with Crippen molar-refractivity contribution in [2.24, 2.45) is 0 Å². The van der Waals surface area contributed by atoms with Gasteiger partial charge in [0.15, 0.2) is 0 Å². The molecule has 2 aromatic rings. The molecular weight excluding hydrogens is 354 g/mol. The molecule has 7 heteroatoms. The second-order valence-electron chi connectivity index (χ2n) is 7.16. The van der Waals surface area contributed by atoms with E-state index in [1.165, 1.54) is 13.3 Å². The molecule has 28 heavy (non-hydrogen) atoms. The lowest BCUT2D eigenvalue weighted by molar-refractivity contribution is -0.114. The fraction of sp³-hybridized carbons (Fsp3) is 0.429. The van der Waals surface area contributed by atoms with Crippen LogP contribution >= 0.6 is 0 Å². The van der Waals surface area contributed by atoms with Crippen molar-refractivity contribution in [3.8, 4) is 0 Å². The van der Waals surface area contributed by atoms with Crippen molar-refractivity contribution >= 4 is 29.1 Å². The van der Waals surface area contributed by atoms with Crippen molar-refractivity contribution in [3.05, 3.63) is 41.7 Å². The van der Waals surface area contributed by atoms with Crippen molar-refractivity contribution in [3.63, 3.8) is 0 Å². The minimum Gasteiger partial charge on any atom is -0.334 e. The molecule has 1 aliphatic rings. The Kier molecular flexibility index (Phi) is 6.23. The maximum atomic E-state index is 13.0. The summed E-state index contributed by atoms with van der Waals surface area (Å²) in [5.74, 6) is 0.246. The van der Waals surface area contributed by atoms with E-state index in [1.54, 1.807) is 18.2 Å². The fourth-order valence-corrected chi connectivity index (χ4v) is 3.54. The van der Waals surface area contributed by atoms with Gasteiger partial charge in [-0.1, -0.05) is 6.92 Å². The molecule has 3 rings (SSSR count). The van der Waals surface area contributed by atoms with Gasteiger partial charge in [-0.05, 0) is 62.9 Å². The predicted octanol–water partition coefficient (Wildman–Crippen LogP) is 3.89. The van der Waals surface area contributed by atoms with Crippen molar-refractivity contribution in [1.29, 1.82) is 0 Å². The minimum atomic E-state index is -0.117. The summed E-state index contributed by atoms with van der Waals surface area (Å²) in [7, 11) is 0. The summed E-state index contributed by atoms with van der Waals surface area (Å²) in [6.45, 7) is 6.24. The van der Waals surface area contributed by atoms with Crippen molar-refractivity contribution < 1.29 is 9.59 Å². The van der Waals surface area contributed by atoms with Gasteiger partial charge in [0.1, 0.15) is 5.69 Å². The standard InChI is InChI=1S/C21H27N5O2/c1-4-18-7-5-6-12-26(18)20(28)19-13-14(2)22-21(25-19)24-17-10-8-16(9-11-17)23-15(3)27/h8-11,13,18H,4-7,12H2,1-3H3,(H,23,27)(H,22,24,25). The third kappa shape index (κ3) is 4.85. The molecule has 2 heterocycles. The van der Waals surface area contributed by atoms with Crippen LogP contribution in [0.3, 0.4) is 0 Å². The van der Waals surface area contributed by atoms with E-state index in [0.29, 0.717) is 11.6 Å². The van der Waals surface area contributed by atoms with Gasteiger partial charge in [-0.15, -0.1) is 0 Å². The second kappa shape index (κ2) is 8.82. The van der Waals surface area contributed by atoms with Crippen LogP contribution in [0.2, 0.25) is 0 Å². The quantitative estimate of drug-likeness (QED) is 0.820. The number of amides is 2. The number of aryl methyl sites for hydroxylation is 1. The summed E-state index contributed by atoms with van der Waals surface area (Å²) in [6.07, 6.45) is 4.23.